The number of nitrogens with one attached hydrogen (secondary N) is 2. The second kappa shape index (κ2) is 11.3. The van der Waals surface area contributed by atoms with E-state index in [0.29, 0.717) is 55.7 Å². The zero-order chi connectivity index (χ0) is 26.6. The van der Waals surface area contributed by atoms with Gasteiger partial charge in [0.2, 0.25) is 5.91 Å². The molecule has 4 rings (SSSR count). The molecule has 1 saturated heterocycles. The molecule has 3 N–H and O–H groups in total. The van der Waals surface area contributed by atoms with Gasteiger partial charge in [-0.2, -0.15) is 0 Å². The molecule has 2 aromatic heterocycles. The lowest BCUT2D eigenvalue weighted by atomic mass is 10.0. The molecule has 2 atom stereocenters. The van der Waals surface area contributed by atoms with Gasteiger partial charge in [-0.25, -0.2) is 9.78 Å². The molecule has 0 unspecified atom stereocenters. The number of methoxy groups -OCH3 is 1. The lowest BCUT2D eigenvalue weighted by Crippen LogP contribution is -2.29. The quantitative estimate of drug-likeness (QED) is 0.355. The highest BCUT2D eigenvalue weighted by atomic mass is 16.5. The lowest BCUT2D eigenvalue weighted by Gasteiger charge is -2.23. The van der Waals surface area contributed by atoms with E-state index in [2.05, 4.69) is 10.6 Å². The highest BCUT2D eigenvalue weighted by Crippen LogP contribution is 2.34. The van der Waals surface area contributed by atoms with Crippen molar-refractivity contribution in [3.8, 4) is 0 Å². The number of esters is 1. The van der Waals surface area contributed by atoms with Crippen LogP contribution in [0.4, 0.5) is 11.4 Å². The first-order chi connectivity index (χ1) is 17.7. The average Bonchev–Trinajstić information content (AvgIpc) is 3.49. The summed E-state index contributed by atoms with van der Waals surface area (Å²) in [5.74, 6) is -1.03. The Balaban J connectivity index is 1.76. The molecule has 0 aliphatic carbocycles. The summed E-state index contributed by atoms with van der Waals surface area (Å²) >= 11 is 0. The van der Waals surface area contributed by atoms with Gasteiger partial charge < -0.3 is 29.8 Å². The SMILES string of the molecule is COC(=O)c1c(NC(=O)[C@H]2CCOC2)c2cc(N[C@@H](C)CC(C)(C)O)cnc2n1CCc1ccccc1. The van der Waals surface area contributed by atoms with Crippen LogP contribution in [0, 0.1) is 5.92 Å². The number of rotatable bonds is 10. The summed E-state index contributed by atoms with van der Waals surface area (Å²) in [5.41, 5.74) is 2.24. The average molecular weight is 509 g/mol. The molecule has 37 heavy (non-hydrogen) atoms. The van der Waals surface area contributed by atoms with Crippen molar-refractivity contribution in [2.45, 2.75) is 58.2 Å². The maximum atomic E-state index is 13.1. The minimum atomic E-state index is -0.828. The predicted molar refractivity (Wildman–Crippen MR) is 143 cm³/mol. The number of carbonyl (C=O) groups is 2. The van der Waals surface area contributed by atoms with Gasteiger partial charge in [0.15, 0.2) is 5.69 Å². The molecule has 1 amide bonds. The molecule has 0 spiro atoms. The molecule has 1 aromatic carbocycles. The zero-order valence-corrected chi connectivity index (χ0v) is 21.9. The van der Waals surface area contributed by atoms with E-state index in [1.165, 1.54) is 7.11 Å². The first-order valence-corrected chi connectivity index (χ1v) is 12.7. The van der Waals surface area contributed by atoms with Gasteiger partial charge in [-0.1, -0.05) is 30.3 Å². The molecule has 0 radical (unpaired) electrons. The van der Waals surface area contributed by atoms with Gasteiger partial charge in [-0.05, 0) is 51.7 Å². The molecule has 3 heterocycles. The van der Waals surface area contributed by atoms with Crippen molar-refractivity contribution >= 4 is 34.3 Å². The summed E-state index contributed by atoms with van der Waals surface area (Å²) in [7, 11) is 1.33. The fraction of sp³-hybridized carbons (Fsp3) is 0.464. The van der Waals surface area contributed by atoms with E-state index in [0.717, 1.165) is 11.3 Å². The summed E-state index contributed by atoms with van der Waals surface area (Å²) in [6.45, 7) is 6.88. The van der Waals surface area contributed by atoms with E-state index in [1.54, 1.807) is 20.0 Å². The van der Waals surface area contributed by atoms with Crippen LogP contribution in [-0.2, 0) is 27.2 Å². The fourth-order valence-corrected chi connectivity index (χ4v) is 4.89. The molecular weight excluding hydrogens is 472 g/mol. The summed E-state index contributed by atoms with van der Waals surface area (Å²) in [6.07, 6.45) is 3.54. The third-order valence-corrected chi connectivity index (χ3v) is 6.51. The van der Waals surface area contributed by atoms with E-state index in [-0.39, 0.29) is 23.6 Å². The van der Waals surface area contributed by atoms with Crippen molar-refractivity contribution < 1.29 is 24.2 Å². The van der Waals surface area contributed by atoms with Crippen LogP contribution in [0.1, 0.15) is 49.7 Å². The number of anilines is 2. The molecule has 0 bridgehead atoms. The van der Waals surface area contributed by atoms with Gasteiger partial charge in [-0.15, -0.1) is 0 Å². The van der Waals surface area contributed by atoms with Gasteiger partial charge in [-0.3, -0.25) is 4.79 Å². The minimum Gasteiger partial charge on any atom is -0.464 e. The lowest BCUT2D eigenvalue weighted by molar-refractivity contribution is -0.119. The molecule has 198 valence electrons. The van der Waals surface area contributed by atoms with Gasteiger partial charge in [0.1, 0.15) is 5.65 Å². The fourth-order valence-electron chi connectivity index (χ4n) is 4.89. The smallest absolute Gasteiger partial charge is 0.356 e. The van der Waals surface area contributed by atoms with Crippen molar-refractivity contribution in [3.05, 3.63) is 53.9 Å². The summed E-state index contributed by atoms with van der Waals surface area (Å²) in [4.78, 5) is 30.9. The number of nitrogens with zero attached hydrogens (tertiary/aromatic N) is 2. The Kier molecular flexibility index (Phi) is 8.14. The van der Waals surface area contributed by atoms with Crippen LogP contribution in [0.25, 0.3) is 11.0 Å². The highest BCUT2D eigenvalue weighted by Gasteiger charge is 2.30. The number of hydrogen-bond donors (Lipinski definition) is 3. The van der Waals surface area contributed by atoms with Crippen molar-refractivity contribution in [2.75, 3.05) is 31.0 Å². The van der Waals surface area contributed by atoms with E-state index in [1.807, 2.05) is 47.9 Å². The number of benzene rings is 1. The summed E-state index contributed by atoms with van der Waals surface area (Å²) in [6, 6.07) is 11.8. The predicted octanol–water partition coefficient (Wildman–Crippen LogP) is 4.00. The minimum absolute atomic E-state index is 0.0341. The number of ether oxygens (including phenoxy) is 2. The number of hydrogen-bond acceptors (Lipinski definition) is 7. The number of carbonyl (C=O) groups excluding carboxylic acids is 2. The third-order valence-electron chi connectivity index (χ3n) is 6.51. The second-order valence-electron chi connectivity index (χ2n) is 10.3. The van der Waals surface area contributed by atoms with Crippen molar-refractivity contribution in [1.82, 2.24) is 9.55 Å². The largest absolute Gasteiger partial charge is 0.464 e. The Hall–Kier alpha value is -3.43. The van der Waals surface area contributed by atoms with Crippen LogP contribution in [0.5, 0.6) is 0 Å². The molecule has 0 saturated carbocycles. The number of pyridine rings is 1. The first-order valence-electron chi connectivity index (χ1n) is 12.7. The Morgan fingerprint density at radius 1 is 1.30 bits per heavy atom. The van der Waals surface area contributed by atoms with Gasteiger partial charge in [0, 0.05) is 24.6 Å². The molecule has 9 nitrogen and oxygen atoms in total. The molecular formula is C28H36N4O5. The Labute approximate surface area is 217 Å². The van der Waals surface area contributed by atoms with E-state index in [4.69, 9.17) is 14.5 Å². The first kappa shape index (κ1) is 26.6. The van der Waals surface area contributed by atoms with Crippen LogP contribution < -0.4 is 10.6 Å². The van der Waals surface area contributed by atoms with Crippen molar-refractivity contribution in [3.63, 3.8) is 0 Å². The Morgan fingerprint density at radius 2 is 2.05 bits per heavy atom. The van der Waals surface area contributed by atoms with Gasteiger partial charge in [0.25, 0.3) is 0 Å². The number of amides is 1. The van der Waals surface area contributed by atoms with Crippen LogP contribution in [0.2, 0.25) is 0 Å². The van der Waals surface area contributed by atoms with Crippen molar-refractivity contribution in [2.24, 2.45) is 5.92 Å². The Bertz CT molecular complexity index is 1240. The number of aliphatic hydroxyl groups is 1. The normalized spacial score (nSPS) is 16.5. The second-order valence-corrected chi connectivity index (χ2v) is 10.3. The Morgan fingerprint density at radius 3 is 2.70 bits per heavy atom. The molecule has 3 aromatic rings. The topological polar surface area (TPSA) is 115 Å². The van der Waals surface area contributed by atoms with Crippen LogP contribution >= 0.6 is 0 Å². The number of aromatic nitrogens is 2. The number of fused-ring (bicyclic) bond motifs is 1. The highest BCUT2D eigenvalue weighted by molar-refractivity contribution is 6.11. The summed E-state index contributed by atoms with van der Waals surface area (Å²) in [5, 5.41) is 17.2. The van der Waals surface area contributed by atoms with E-state index >= 15 is 0 Å². The number of aryl methyl sites for hydroxylation is 2. The zero-order valence-electron chi connectivity index (χ0n) is 21.9. The van der Waals surface area contributed by atoms with Gasteiger partial charge in [0.05, 0.1) is 42.8 Å². The molecule has 9 heteroatoms. The van der Waals surface area contributed by atoms with Crippen LogP contribution in [0.15, 0.2) is 42.6 Å². The standard InChI is InChI=1S/C28H36N4O5/c1-18(15-28(2,3)35)30-21-14-22-23(31-26(33)20-11-13-37-17-20)24(27(34)36-4)32(25(22)29-16-21)12-10-19-8-6-5-7-9-19/h5-9,14,16,18,20,30,35H,10-13,15,17H2,1-4H3,(H,31,33)/t18-,20-/m0/s1. The van der Waals surface area contributed by atoms with Crippen LogP contribution in [-0.4, -0.2) is 58.5 Å². The monoisotopic (exact) mass is 508 g/mol. The maximum absolute atomic E-state index is 13.1. The molecule has 1 aliphatic heterocycles. The van der Waals surface area contributed by atoms with E-state index in [9.17, 15) is 14.7 Å². The van der Waals surface area contributed by atoms with Gasteiger partial charge >= 0.3 is 5.97 Å². The van der Waals surface area contributed by atoms with Crippen LogP contribution in [0.3, 0.4) is 0 Å². The molecule has 1 aliphatic rings. The summed E-state index contributed by atoms with van der Waals surface area (Å²) < 4.78 is 12.4. The van der Waals surface area contributed by atoms with E-state index < -0.39 is 11.6 Å². The van der Waals surface area contributed by atoms with Crippen molar-refractivity contribution in [1.29, 1.82) is 0 Å². The molecule has 1 fully saturated rings. The maximum Gasteiger partial charge on any atom is 0.356 e. The third kappa shape index (κ3) is 6.47.